The van der Waals surface area contributed by atoms with E-state index in [9.17, 15) is 9.90 Å². The third-order valence-electron chi connectivity index (χ3n) is 3.02. The highest BCUT2D eigenvalue weighted by Gasteiger charge is 2.19. The summed E-state index contributed by atoms with van der Waals surface area (Å²) >= 11 is 0. The fourth-order valence-corrected chi connectivity index (χ4v) is 1.96. The highest BCUT2D eigenvalue weighted by atomic mass is 16.4. The number of nitrogens with one attached hydrogen (secondary N) is 1. The summed E-state index contributed by atoms with van der Waals surface area (Å²) < 4.78 is 1.93. The molecule has 0 aliphatic rings. The van der Waals surface area contributed by atoms with E-state index in [1.165, 1.54) is 0 Å². The minimum atomic E-state index is -0.840. The third kappa shape index (κ3) is 3.13. The van der Waals surface area contributed by atoms with Crippen molar-refractivity contribution in [1.82, 2.24) is 9.55 Å². The van der Waals surface area contributed by atoms with E-state index in [1.807, 2.05) is 48.0 Å². The van der Waals surface area contributed by atoms with E-state index < -0.39 is 11.9 Å². The fraction of sp³-hybridized carbons (Fsp3) is 0.286. The van der Waals surface area contributed by atoms with E-state index in [0.717, 1.165) is 12.1 Å². The first-order chi connectivity index (χ1) is 9.22. The van der Waals surface area contributed by atoms with E-state index in [0.29, 0.717) is 12.5 Å². The van der Waals surface area contributed by atoms with E-state index in [4.69, 9.17) is 0 Å². The minimum absolute atomic E-state index is 0.316. The van der Waals surface area contributed by atoms with Gasteiger partial charge in [0.05, 0.1) is 5.92 Å². The molecule has 1 aromatic heterocycles. The number of hydrogen-bond donors (Lipinski definition) is 2. The summed E-state index contributed by atoms with van der Waals surface area (Å²) in [4.78, 5) is 15.5. The van der Waals surface area contributed by atoms with Gasteiger partial charge in [0.1, 0.15) is 0 Å². The summed E-state index contributed by atoms with van der Waals surface area (Å²) in [6.07, 6.45) is 3.56. The smallest absolute Gasteiger partial charge is 0.312 e. The summed E-state index contributed by atoms with van der Waals surface area (Å²) in [5, 5.41) is 12.4. The van der Waals surface area contributed by atoms with Gasteiger partial charge in [-0.2, -0.15) is 0 Å². The van der Waals surface area contributed by atoms with Crippen molar-refractivity contribution in [3.8, 4) is 0 Å². The maximum absolute atomic E-state index is 11.3. The summed E-state index contributed by atoms with van der Waals surface area (Å²) in [6.45, 7) is 3.13. The summed E-state index contributed by atoms with van der Waals surface area (Å²) in [6, 6.07) is 9.22. The van der Waals surface area contributed by atoms with Gasteiger partial charge in [-0.3, -0.25) is 4.79 Å². The Labute approximate surface area is 111 Å². The molecule has 2 rings (SSSR count). The lowest BCUT2D eigenvalue weighted by Crippen LogP contribution is -2.22. The lowest BCUT2D eigenvalue weighted by molar-refractivity contribution is -0.138. The van der Waals surface area contributed by atoms with Crippen LogP contribution in [-0.2, 0) is 11.3 Å². The molecule has 5 heteroatoms. The van der Waals surface area contributed by atoms with Crippen LogP contribution in [0.1, 0.15) is 18.4 Å². The van der Waals surface area contributed by atoms with Gasteiger partial charge in [-0.05, 0) is 12.5 Å². The molecule has 1 heterocycles. The van der Waals surface area contributed by atoms with E-state index >= 15 is 0 Å². The van der Waals surface area contributed by atoms with Crippen LogP contribution in [0.5, 0.6) is 0 Å². The molecule has 0 amide bonds. The molecule has 2 aromatic rings. The topological polar surface area (TPSA) is 67.2 Å². The van der Waals surface area contributed by atoms with Crippen molar-refractivity contribution in [3.63, 3.8) is 0 Å². The first-order valence-corrected chi connectivity index (χ1v) is 6.25. The molecule has 19 heavy (non-hydrogen) atoms. The number of carbonyl (C=O) groups is 1. The number of aromatic nitrogens is 2. The molecule has 0 saturated heterocycles. The van der Waals surface area contributed by atoms with Gasteiger partial charge in [0.2, 0.25) is 5.95 Å². The van der Waals surface area contributed by atoms with Gasteiger partial charge >= 0.3 is 5.97 Å². The predicted octanol–water partition coefficient (Wildman–Crippen LogP) is 2.18. The Kier molecular flexibility index (Phi) is 4.18. The zero-order chi connectivity index (χ0) is 13.7. The van der Waals surface area contributed by atoms with E-state index in [2.05, 4.69) is 10.3 Å². The Morgan fingerprint density at radius 2 is 2.16 bits per heavy atom. The van der Waals surface area contributed by atoms with Crippen LogP contribution in [0.3, 0.4) is 0 Å². The second kappa shape index (κ2) is 6.04. The van der Waals surface area contributed by atoms with Crippen LogP contribution < -0.4 is 5.32 Å². The number of carboxylic acid groups (broad SMARTS) is 1. The number of rotatable bonds is 6. The van der Waals surface area contributed by atoms with E-state index in [-0.39, 0.29) is 0 Å². The van der Waals surface area contributed by atoms with Crippen LogP contribution in [0.15, 0.2) is 42.7 Å². The zero-order valence-electron chi connectivity index (χ0n) is 10.8. The molecule has 100 valence electrons. The third-order valence-corrected chi connectivity index (χ3v) is 3.02. The van der Waals surface area contributed by atoms with Crippen molar-refractivity contribution in [2.24, 2.45) is 0 Å². The average Bonchev–Trinajstić information content (AvgIpc) is 2.87. The number of aliphatic carboxylic acids is 1. The van der Waals surface area contributed by atoms with Gasteiger partial charge in [-0.25, -0.2) is 4.98 Å². The van der Waals surface area contributed by atoms with Gasteiger partial charge in [0.25, 0.3) is 0 Å². The molecule has 5 nitrogen and oxygen atoms in total. The zero-order valence-corrected chi connectivity index (χ0v) is 10.8. The molecular formula is C14H17N3O2. The highest BCUT2D eigenvalue weighted by Crippen LogP contribution is 2.16. The molecule has 0 aliphatic carbocycles. The average molecular weight is 259 g/mol. The monoisotopic (exact) mass is 259 g/mol. The molecular weight excluding hydrogens is 242 g/mol. The fourth-order valence-electron chi connectivity index (χ4n) is 1.96. The van der Waals surface area contributed by atoms with Crippen molar-refractivity contribution >= 4 is 11.9 Å². The Morgan fingerprint density at radius 1 is 1.42 bits per heavy atom. The Balaban J connectivity index is 2.09. The molecule has 1 unspecified atom stereocenters. The second-order valence-corrected chi connectivity index (χ2v) is 4.22. The first kappa shape index (κ1) is 13.1. The summed E-state index contributed by atoms with van der Waals surface area (Å²) in [5.41, 5.74) is 0.789. The standard InChI is InChI=1S/C14H17N3O2/c1-2-17-9-8-15-14(17)16-10-12(13(18)19)11-6-4-3-5-7-11/h3-9,12H,2,10H2,1H3,(H,15,16)(H,18,19). The minimum Gasteiger partial charge on any atom is -0.481 e. The lowest BCUT2D eigenvalue weighted by Gasteiger charge is -2.14. The largest absolute Gasteiger partial charge is 0.481 e. The van der Waals surface area contributed by atoms with Crippen molar-refractivity contribution in [1.29, 1.82) is 0 Å². The van der Waals surface area contributed by atoms with Crippen LogP contribution in [0, 0.1) is 0 Å². The molecule has 1 aromatic carbocycles. The van der Waals surface area contributed by atoms with Crippen molar-refractivity contribution in [3.05, 3.63) is 48.3 Å². The van der Waals surface area contributed by atoms with Gasteiger partial charge in [0, 0.05) is 25.5 Å². The molecule has 0 radical (unpaired) electrons. The van der Waals surface area contributed by atoms with Gasteiger partial charge in [0.15, 0.2) is 0 Å². The van der Waals surface area contributed by atoms with Crippen LogP contribution in [0.2, 0.25) is 0 Å². The maximum atomic E-state index is 11.3. The molecule has 2 N–H and O–H groups in total. The quantitative estimate of drug-likeness (QED) is 0.834. The number of imidazole rings is 1. The Hall–Kier alpha value is -2.30. The number of anilines is 1. The summed E-state index contributed by atoms with van der Waals surface area (Å²) in [5.74, 6) is -0.721. The van der Waals surface area contributed by atoms with Crippen LogP contribution in [0.25, 0.3) is 0 Å². The number of benzene rings is 1. The summed E-state index contributed by atoms with van der Waals surface area (Å²) in [7, 11) is 0. The lowest BCUT2D eigenvalue weighted by atomic mass is 9.99. The van der Waals surface area contributed by atoms with Gasteiger partial charge in [-0.1, -0.05) is 30.3 Å². The van der Waals surface area contributed by atoms with Gasteiger partial charge in [-0.15, -0.1) is 0 Å². The number of aryl methyl sites for hydroxylation is 1. The van der Waals surface area contributed by atoms with Gasteiger partial charge < -0.3 is 15.0 Å². The Morgan fingerprint density at radius 3 is 2.79 bits per heavy atom. The van der Waals surface area contributed by atoms with Crippen molar-refractivity contribution < 1.29 is 9.90 Å². The molecule has 0 spiro atoms. The molecule has 0 bridgehead atoms. The van der Waals surface area contributed by atoms with Crippen molar-refractivity contribution in [2.75, 3.05) is 11.9 Å². The molecule has 0 saturated carbocycles. The second-order valence-electron chi connectivity index (χ2n) is 4.22. The predicted molar refractivity (Wildman–Crippen MR) is 73.2 cm³/mol. The number of carboxylic acids is 1. The SMILES string of the molecule is CCn1ccnc1NCC(C(=O)O)c1ccccc1. The number of nitrogens with zero attached hydrogens (tertiary/aromatic N) is 2. The van der Waals surface area contributed by atoms with Crippen LogP contribution in [0.4, 0.5) is 5.95 Å². The highest BCUT2D eigenvalue weighted by molar-refractivity contribution is 5.76. The molecule has 0 aliphatic heterocycles. The van der Waals surface area contributed by atoms with E-state index in [1.54, 1.807) is 6.20 Å². The normalized spacial score (nSPS) is 12.1. The number of hydrogen-bond acceptors (Lipinski definition) is 3. The maximum Gasteiger partial charge on any atom is 0.312 e. The van der Waals surface area contributed by atoms with Crippen LogP contribution in [-0.4, -0.2) is 27.2 Å². The van der Waals surface area contributed by atoms with Crippen molar-refractivity contribution in [2.45, 2.75) is 19.4 Å². The Bertz CT molecular complexity index is 537. The van der Waals surface area contributed by atoms with Crippen LogP contribution >= 0.6 is 0 Å². The molecule has 1 atom stereocenters. The first-order valence-electron chi connectivity index (χ1n) is 6.25. The molecule has 0 fully saturated rings.